The van der Waals surface area contributed by atoms with Gasteiger partial charge in [-0.3, -0.25) is 4.79 Å². The summed E-state index contributed by atoms with van der Waals surface area (Å²) in [7, 11) is 1.52. The maximum atomic E-state index is 14.0. The molecule has 1 fully saturated rings. The van der Waals surface area contributed by atoms with E-state index in [0.717, 1.165) is 48.1 Å². The number of benzene rings is 2. The standard InChI is InChI=1S/C24H25F3N4O/c1-17-9-3-5-11-20(17)31-22(24(25,26)27)19(15-28-31)23(32)29(2)16-18-10-4-6-12-21(18)30-13-7-8-14-30/h3-6,9-12,15H,7-8,13-14,16H2,1-2H3. The summed E-state index contributed by atoms with van der Waals surface area (Å²) < 4.78 is 42.9. The van der Waals surface area contributed by atoms with Crippen molar-refractivity contribution in [2.24, 2.45) is 0 Å². The summed E-state index contributed by atoms with van der Waals surface area (Å²) in [6.45, 7) is 3.80. The van der Waals surface area contributed by atoms with Crippen LogP contribution in [0.3, 0.4) is 0 Å². The third-order valence-corrected chi connectivity index (χ3v) is 5.80. The summed E-state index contributed by atoms with van der Waals surface area (Å²) in [4.78, 5) is 16.7. The molecule has 0 atom stereocenters. The van der Waals surface area contributed by atoms with Crippen molar-refractivity contribution in [3.05, 3.63) is 77.1 Å². The van der Waals surface area contributed by atoms with Crippen LogP contribution in [0.4, 0.5) is 18.9 Å². The molecule has 0 unspecified atom stereocenters. The summed E-state index contributed by atoms with van der Waals surface area (Å²) in [5.41, 5.74) is 1.34. The van der Waals surface area contributed by atoms with Crippen molar-refractivity contribution in [1.82, 2.24) is 14.7 Å². The number of alkyl halides is 3. The number of hydrogen-bond donors (Lipinski definition) is 0. The smallest absolute Gasteiger partial charge is 0.371 e. The van der Waals surface area contributed by atoms with Gasteiger partial charge in [0, 0.05) is 32.4 Å². The zero-order chi connectivity index (χ0) is 22.9. The molecular formula is C24H25F3N4O. The summed E-state index contributed by atoms with van der Waals surface area (Å²) in [6, 6.07) is 14.4. The Bertz CT molecular complexity index is 1120. The molecule has 168 valence electrons. The van der Waals surface area contributed by atoms with Gasteiger partial charge in [0.15, 0.2) is 5.69 Å². The second kappa shape index (κ2) is 8.68. The SMILES string of the molecule is Cc1ccccc1-n1ncc(C(=O)N(C)Cc2ccccc2N2CCCC2)c1C(F)(F)F. The van der Waals surface area contributed by atoms with E-state index < -0.39 is 23.3 Å². The maximum Gasteiger partial charge on any atom is 0.434 e. The number of amides is 1. The Kier molecular flexibility index (Phi) is 5.95. The zero-order valence-corrected chi connectivity index (χ0v) is 18.1. The van der Waals surface area contributed by atoms with Crippen molar-refractivity contribution in [1.29, 1.82) is 0 Å². The average molecular weight is 442 g/mol. The quantitative estimate of drug-likeness (QED) is 0.554. The zero-order valence-electron chi connectivity index (χ0n) is 18.1. The van der Waals surface area contributed by atoms with E-state index in [1.54, 1.807) is 31.2 Å². The summed E-state index contributed by atoms with van der Waals surface area (Å²) >= 11 is 0. The molecule has 0 bridgehead atoms. The topological polar surface area (TPSA) is 41.4 Å². The van der Waals surface area contributed by atoms with Gasteiger partial charge in [-0.05, 0) is 43.0 Å². The van der Waals surface area contributed by atoms with Gasteiger partial charge in [0.25, 0.3) is 5.91 Å². The van der Waals surface area contributed by atoms with E-state index in [2.05, 4.69) is 10.00 Å². The minimum Gasteiger partial charge on any atom is -0.371 e. The van der Waals surface area contributed by atoms with Gasteiger partial charge in [-0.1, -0.05) is 36.4 Å². The Morgan fingerprint density at radius 3 is 2.31 bits per heavy atom. The van der Waals surface area contributed by atoms with E-state index >= 15 is 0 Å². The minimum absolute atomic E-state index is 0.207. The van der Waals surface area contributed by atoms with Crippen LogP contribution >= 0.6 is 0 Å². The number of carbonyl (C=O) groups is 1. The van der Waals surface area contributed by atoms with Gasteiger partial charge in [-0.2, -0.15) is 18.3 Å². The molecule has 0 spiro atoms. The molecule has 2 heterocycles. The number of aromatic nitrogens is 2. The molecule has 2 aromatic carbocycles. The van der Waals surface area contributed by atoms with Gasteiger partial charge in [0.1, 0.15) is 0 Å². The van der Waals surface area contributed by atoms with E-state index in [4.69, 9.17) is 0 Å². The molecule has 0 saturated carbocycles. The van der Waals surface area contributed by atoms with Gasteiger partial charge >= 0.3 is 6.18 Å². The van der Waals surface area contributed by atoms with Crippen molar-refractivity contribution in [3.8, 4) is 5.69 Å². The van der Waals surface area contributed by atoms with Crippen LogP contribution in [-0.2, 0) is 12.7 Å². The van der Waals surface area contributed by atoms with Crippen LogP contribution in [0.25, 0.3) is 5.69 Å². The van der Waals surface area contributed by atoms with Crippen molar-refractivity contribution in [2.75, 3.05) is 25.0 Å². The maximum absolute atomic E-state index is 14.0. The summed E-state index contributed by atoms with van der Waals surface area (Å²) in [6.07, 6.45) is -1.51. The number of nitrogens with zero attached hydrogens (tertiary/aromatic N) is 4. The molecule has 1 amide bonds. The van der Waals surface area contributed by atoms with E-state index in [1.165, 1.54) is 11.9 Å². The van der Waals surface area contributed by atoms with E-state index in [9.17, 15) is 18.0 Å². The third-order valence-electron chi connectivity index (χ3n) is 5.80. The molecule has 0 aliphatic carbocycles. The van der Waals surface area contributed by atoms with Gasteiger partial charge in [0.2, 0.25) is 0 Å². The van der Waals surface area contributed by atoms with Crippen molar-refractivity contribution >= 4 is 11.6 Å². The van der Waals surface area contributed by atoms with Crippen LogP contribution < -0.4 is 4.90 Å². The first kappa shape index (κ1) is 21.9. The molecule has 1 aliphatic rings. The summed E-state index contributed by atoms with van der Waals surface area (Å²) in [5, 5.41) is 3.95. The van der Waals surface area contributed by atoms with Gasteiger partial charge in [-0.15, -0.1) is 0 Å². The Morgan fingerprint density at radius 1 is 1.03 bits per heavy atom. The first-order chi connectivity index (χ1) is 15.3. The molecule has 5 nitrogen and oxygen atoms in total. The molecule has 1 aromatic heterocycles. The molecule has 0 N–H and O–H groups in total. The third kappa shape index (κ3) is 4.22. The lowest BCUT2D eigenvalue weighted by atomic mass is 10.1. The normalized spacial score (nSPS) is 14.1. The van der Waals surface area contributed by atoms with E-state index in [0.29, 0.717) is 11.3 Å². The number of rotatable bonds is 5. The first-order valence-electron chi connectivity index (χ1n) is 10.6. The summed E-state index contributed by atoms with van der Waals surface area (Å²) in [5.74, 6) is -0.714. The fourth-order valence-electron chi connectivity index (χ4n) is 4.21. The molecule has 1 aliphatic heterocycles. The Morgan fingerprint density at radius 2 is 1.66 bits per heavy atom. The Labute approximate surface area is 185 Å². The van der Waals surface area contributed by atoms with Crippen LogP contribution in [0.15, 0.2) is 54.7 Å². The molecular weight excluding hydrogens is 417 g/mol. The van der Waals surface area contributed by atoms with Crippen molar-refractivity contribution < 1.29 is 18.0 Å². The lowest BCUT2D eigenvalue weighted by molar-refractivity contribution is -0.143. The second-order valence-electron chi connectivity index (χ2n) is 8.09. The van der Waals surface area contributed by atoms with E-state index in [1.807, 2.05) is 24.3 Å². The first-order valence-corrected chi connectivity index (χ1v) is 10.6. The molecule has 32 heavy (non-hydrogen) atoms. The van der Waals surface area contributed by atoms with Gasteiger partial charge in [0.05, 0.1) is 17.4 Å². The monoisotopic (exact) mass is 442 g/mol. The highest BCUT2D eigenvalue weighted by molar-refractivity contribution is 5.95. The number of carbonyl (C=O) groups excluding carboxylic acids is 1. The van der Waals surface area contributed by atoms with Gasteiger partial charge < -0.3 is 9.80 Å². The highest BCUT2D eigenvalue weighted by Gasteiger charge is 2.41. The lowest BCUT2D eigenvalue weighted by Crippen LogP contribution is -2.30. The van der Waals surface area contributed by atoms with Crippen LogP contribution in [-0.4, -0.2) is 40.7 Å². The molecule has 3 aromatic rings. The fourth-order valence-corrected chi connectivity index (χ4v) is 4.21. The van der Waals surface area contributed by atoms with Crippen LogP contribution in [0.1, 0.15) is 40.0 Å². The van der Waals surface area contributed by atoms with E-state index in [-0.39, 0.29) is 6.54 Å². The highest BCUT2D eigenvalue weighted by atomic mass is 19.4. The van der Waals surface area contributed by atoms with Crippen molar-refractivity contribution in [3.63, 3.8) is 0 Å². The predicted molar refractivity (Wildman–Crippen MR) is 117 cm³/mol. The van der Waals surface area contributed by atoms with Gasteiger partial charge in [-0.25, -0.2) is 4.68 Å². The molecule has 4 rings (SSSR count). The molecule has 8 heteroatoms. The Hall–Kier alpha value is -3.29. The number of aryl methyl sites for hydroxylation is 1. The molecule has 1 saturated heterocycles. The fraction of sp³-hybridized carbons (Fsp3) is 0.333. The Balaban J connectivity index is 1.66. The average Bonchev–Trinajstić information content (AvgIpc) is 3.44. The molecule has 0 radical (unpaired) electrons. The second-order valence-corrected chi connectivity index (χ2v) is 8.09. The van der Waals surface area contributed by atoms with Crippen LogP contribution in [0, 0.1) is 6.92 Å². The predicted octanol–water partition coefficient (Wildman–Crippen LogP) is 5.07. The van der Waals surface area contributed by atoms with Crippen LogP contribution in [0.5, 0.6) is 0 Å². The highest BCUT2D eigenvalue weighted by Crippen LogP contribution is 2.35. The number of halogens is 3. The van der Waals surface area contributed by atoms with Crippen LogP contribution in [0.2, 0.25) is 0 Å². The number of para-hydroxylation sites is 2. The largest absolute Gasteiger partial charge is 0.434 e. The number of hydrogen-bond acceptors (Lipinski definition) is 3. The number of anilines is 1. The van der Waals surface area contributed by atoms with Crippen molar-refractivity contribution in [2.45, 2.75) is 32.5 Å². The minimum atomic E-state index is -4.74. The lowest BCUT2D eigenvalue weighted by Gasteiger charge is -2.24.